The molecule has 1 amide bonds. The summed E-state index contributed by atoms with van der Waals surface area (Å²) in [5, 5.41) is 6.28. The first-order chi connectivity index (χ1) is 10.7. The summed E-state index contributed by atoms with van der Waals surface area (Å²) in [6.45, 7) is 3.63. The standard InChI is InChI=1S/C17H20N4O.ClH/c1-12-19-9-7-16(20-12)13-4-2-6-15(10-13)21-17(22)14-5-3-8-18-11-14;/h2,4,6-7,9-10,14,18H,3,5,8,11H2,1H3,(H,21,22);1H. The molecule has 1 aromatic carbocycles. The maximum Gasteiger partial charge on any atom is 0.228 e. The van der Waals surface area contributed by atoms with E-state index < -0.39 is 0 Å². The van der Waals surface area contributed by atoms with Crippen molar-refractivity contribution in [2.75, 3.05) is 18.4 Å². The van der Waals surface area contributed by atoms with E-state index in [2.05, 4.69) is 20.6 Å². The van der Waals surface area contributed by atoms with Crippen molar-refractivity contribution in [3.8, 4) is 11.3 Å². The summed E-state index contributed by atoms with van der Waals surface area (Å²) in [4.78, 5) is 20.8. The predicted molar refractivity (Wildman–Crippen MR) is 93.7 cm³/mol. The molecule has 2 heterocycles. The Kier molecular flexibility index (Phi) is 6.07. The van der Waals surface area contributed by atoms with Crippen LogP contribution in [0.5, 0.6) is 0 Å². The number of hydrogen-bond acceptors (Lipinski definition) is 4. The van der Waals surface area contributed by atoms with Gasteiger partial charge in [-0.15, -0.1) is 12.4 Å². The van der Waals surface area contributed by atoms with E-state index in [0.29, 0.717) is 0 Å². The number of carbonyl (C=O) groups excluding carboxylic acids is 1. The molecule has 5 nitrogen and oxygen atoms in total. The quantitative estimate of drug-likeness (QED) is 0.907. The number of hydrogen-bond donors (Lipinski definition) is 2. The van der Waals surface area contributed by atoms with E-state index in [1.165, 1.54) is 0 Å². The Morgan fingerprint density at radius 1 is 1.35 bits per heavy atom. The average molecular weight is 333 g/mol. The monoisotopic (exact) mass is 332 g/mol. The number of benzene rings is 1. The molecule has 0 aliphatic carbocycles. The third-order valence-corrected chi connectivity index (χ3v) is 3.87. The molecule has 0 saturated carbocycles. The van der Waals surface area contributed by atoms with Crippen molar-refractivity contribution in [3.63, 3.8) is 0 Å². The molecule has 1 saturated heterocycles. The van der Waals surface area contributed by atoms with Gasteiger partial charge in [-0.25, -0.2) is 9.97 Å². The van der Waals surface area contributed by atoms with Gasteiger partial charge in [0.2, 0.25) is 5.91 Å². The maximum absolute atomic E-state index is 12.3. The minimum absolute atomic E-state index is 0. The minimum Gasteiger partial charge on any atom is -0.326 e. The van der Waals surface area contributed by atoms with E-state index in [-0.39, 0.29) is 24.2 Å². The summed E-state index contributed by atoms with van der Waals surface area (Å²) in [6.07, 6.45) is 3.75. The van der Waals surface area contributed by atoms with Crippen LogP contribution < -0.4 is 10.6 Å². The van der Waals surface area contributed by atoms with Crippen molar-refractivity contribution in [2.24, 2.45) is 5.92 Å². The predicted octanol–water partition coefficient (Wildman–Crippen LogP) is 2.81. The number of carbonyl (C=O) groups is 1. The Hall–Kier alpha value is -1.98. The lowest BCUT2D eigenvalue weighted by Gasteiger charge is -2.22. The second-order valence-electron chi connectivity index (χ2n) is 5.60. The molecule has 2 aromatic rings. The van der Waals surface area contributed by atoms with Gasteiger partial charge < -0.3 is 10.6 Å². The normalized spacial score (nSPS) is 17.2. The fourth-order valence-electron chi connectivity index (χ4n) is 2.69. The molecular formula is C17H21ClN4O. The summed E-state index contributed by atoms with van der Waals surface area (Å²) in [6, 6.07) is 9.65. The molecule has 1 aliphatic rings. The Morgan fingerprint density at radius 3 is 2.96 bits per heavy atom. The zero-order valence-corrected chi connectivity index (χ0v) is 13.9. The highest BCUT2D eigenvalue weighted by Crippen LogP contribution is 2.21. The van der Waals surface area contributed by atoms with Crippen molar-refractivity contribution in [1.29, 1.82) is 0 Å². The Morgan fingerprint density at radius 2 is 2.22 bits per heavy atom. The molecule has 23 heavy (non-hydrogen) atoms. The molecule has 122 valence electrons. The lowest BCUT2D eigenvalue weighted by atomic mass is 9.98. The van der Waals surface area contributed by atoms with Crippen LogP contribution in [0.1, 0.15) is 18.7 Å². The SMILES string of the molecule is Cc1nccc(-c2cccc(NC(=O)C3CCCNC3)c2)n1.Cl. The largest absolute Gasteiger partial charge is 0.326 e. The van der Waals surface area contributed by atoms with Crippen LogP contribution in [0.15, 0.2) is 36.5 Å². The smallest absolute Gasteiger partial charge is 0.228 e. The first-order valence-corrected chi connectivity index (χ1v) is 7.64. The third-order valence-electron chi connectivity index (χ3n) is 3.87. The number of nitrogens with one attached hydrogen (secondary N) is 2. The van der Waals surface area contributed by atoms with Gasteiger partial charge in [-0.05, 0) is 44.5 Å². The van der Waals surface area contributed by atoms with Gasteiger partial charge in [0.05, 0.1) is 11.6 Å². The van der Waals surface area contributed by atoms with Crippen LogP contribution in [0.4, 0.5) is 5.69 Å². The zero-order chi connectivity index (χ0) is 15.4. The van der Waals surface area contributed by atoms with Crippen molar-refractivity contribution < 1.29 is 4.79 Å². The molecule has 1 atom stereocenters. The van der Waals surface area contributed by atoms with Crippen LogP contribution in [-0.2, 0) is 4.79 Å². The van der Waals surface area contributed by atoms with Crippen LogP contribution in [0.2, 0.25) is 0 Å². The van der Waals surface area contributed by atoms with Gasteiger partial charge in [0.1, 0.15) is 5.82 Å². The molecule has 0 radical (unpaired) electrons. The lowest BCUT2D eigenvalue weighted by molar-refractivity contribution is -0.120. The van der Waals surface area contributed by atoms with E-state index in [0.717, 1.165) is 48.7 Å². The van der Waals surface area contributed by atoms with E-state index >= 15 is 0 Å². The van der Waals surface area contributed by atoms with Gasteiger partial charge in [-0.3, -0.25) is 4.79 Å². The van der Waals surface area contributed by atoms with Gasteiger partial charge in [0, 0.05) is 24.0 Å². The zero-order valence-electron chi connectivity index (χ0n) is 13.1. The van der Waals surface area contributed by atoms with Gasteiger partial charge in [-0.2, -0.15) is 0 Å². The molecule has 6 heteroatoms. The second kappa shape index (κ2) is 8.04. The van der Waals surface area contributed by atoms with Gasteiger partial charge in [0.15, 0.2) is 0 Å². The molecule has 1 fully saturated rings. The van der Waals surface area contributed by atoms with Gasteiger partial charge in [0.25, 0.3) is 0 Å². The number of anilines is 1. The van der Waals surface area contributed by atoms with E-state index in [9.17, 15) is 4.79 Å². The number of piperidine rings is 1. The molecule has 1 aliphatic heterocycles. The molecule has 1 unspecified atom stereocenters. The van der Waals surface area contributed by atoms with E-state index in [1.807, 2.05) is 37.3 Å². The Labute approximate surface area is 142 Å². The average Bonchev–Trinajstić information content (AvgIpc) is 2.56. The van der Waals surface area contributed by atoms with Crippen molar-refractivity contribution in [1.82, 2.24) is 15.3 Å². The molecule has 2 N–H and O–H groups in total. The van der Waals surface area contributed by atoms with Gasteiger partial charge in [-0.1, -0.05) is 12.1 Å². The maximum atomic E-state index is 12.3. The summed E-state index contributed by atoms with van der Waals surface area (Å²) in [5.74, 6) is 0.877. The van der Waals surface area contributed by atoms with Crippen LogP contribution in [0.25, 0.3) is 11.3 Å². The van der Waals surface area contributed by atoms with Crippen LogP contribution >= 0.6 is 12.4 Å². The van der Waals surface area contributed by atoms with Gasteiger partial charge >= 0.3 is 0 Å². The number of aromatic nitrogens is 2. The van der Waals surface area contributed by atoms with Crippen LogP contribution in [0, 0.1) is 12.8 Å². The van der Waals surface area contributed by atoms with E-state index in [4.69, 9.17) is 0 Å². The molecule has 1 aromatic heterocycles. The first-order valence-electron chi connectivity index (χ1n) is 7.64. The fraction of sp³-hybridized carbons (Fsp3) is 0.353. The second-order valence-corrected chi connectivity index (χ2v) is 5.60. The summed E-state index contributed by atoms with van der Waals surface area (Å²) < 4.78 is 0. The third kappa shape index (κ3) is 4.50. The number of aryl methyl sites for hydroxylation is 1. The van der Waals surface area contributed by atoms with Crippen LogP contribution in [0.3, 0.4) is 0 Å². The molecule has 3 rings (SSSR count). The number of rotatable bonds is 3. The highest BCUT2D eigenvalue weighted by atomic mass is 35.5. The van der Waals surface area contributed by atoms with Crippen molar-refractivity contribution in [2.45, 2.75) is 19.8 Å². The van der Waals surface area contributed by atoms with Crippen molar-refractivity contribution in [3.05, 3.63) is 42.4 Å². The summed E-state index contributed by atoms with van der Waals surface area (Å²) in [5.41, 5.74) is 2.65. The van der Waals surface area contributed by atoms with Crippen molar-refractivity contribution >= 4 is 24.0 Å². The highest BCUT2D eigenvalue weighted by Gasteiger charge is 2.20. The fourth-order valence-corrected chi connectivity index (χ4v) is 2.69. The minimum atomic E-state index is 0. The Balaban J connectivity index is 0.00000192. The number of amides is 1. The van der Waals surface area contributed by atoms with Crippen LogP contribution in [-0.4, -0.2) is 29.0 Å². The first kappa shape index (κ1) is 17.4. The summed E-state index contributed by atoms with van der Waals surface area (Å²) >= 11 is 0. The topological polar surface area (TPSA) is 66.9 Å². The molecule has 0 bridgehead atoms. The molecular weight excluding hydrogens is 312 g/mol. The number of halogens is 1. The highest BCUT2D eigenvalue weighted by molar-refractivity contribution is 5.93. The number of nitrogens with zero attached hydrogens (tertiary/aromatic N) is 2. The Bertz CT molecular complexity index is 671. The molecule has 0 spiro atoms. The van der Waals surface area contributed by atoms with E-state index in [1.54, 1.807) is 6.20 Å². The lowest BCUT2D eigenvalue weighted by Crippen LogP contribution is -2.37. The summed E-state index contributed by atoms with van der Waals surface area (Å²) in [7, 11) is 0.